The number of benzene rings is 2. The minimum absolute atomic E-state index is 0.168. The standard InChI is InChI=1S/C18H13IN2O4S/c1-21-16(23)15(9-10-2-7-14(22)13(19)8-10)26-18(21)20-12-5-3-11(4-6-12)17(24)25/h2-9,22H,1H3,(H,24,25)/b15-9+,20-18?. The zero-order chi connectivity index (χ0) is 18.8. The van der Waals surface area contributed by atoms with E-state index in [1.165, 1.54) is 28.8 Å². The molecule has 0 saturated carbocycles. The molecule has 0 radical (unpaired) electrons. The molecule has 2 N–H and O–H groups in total. The van der Waals surface area contributed by atoms with Crippen molar-refractivity contribution >= 4 is 63.2 Å². The van der Waals surface area contributed by atoms with E-state index < -0.39 is 5.97 Å². The van der Waals surface area contributed by atoms with Crippen molar-refractivity contribution in [3.8, 4) is 5.75 Å². The molecule has 1 aliphatic heterocycles. The Morgan fingerprint density at radius 1 is 1.23 bits per heavy atom. The highest BCUT2D eigenvalue weighted by molar-refractivity contribution is 14.1. The summed E-state index contributed by atoms with van der Waals surface area (Å²) < 4.78 is 0.702. The second-order valence-electron chi connectivity index (χ2n) is 5.43. The maximum absolute atomic E-state index is 12.4. The minimum atomic E-state index is -1.000. The molecule has 0 atom stereocenters. The Kier molecular flexibility index (Phi) is 5.33. The highest BCUT2D eigenvalue weighted by Crippen LogP contribution is 2.33. The van der Waals surface area contributed by atoms with Crippen molar-refractivity contribution in [1.29, 1.82) is 0 Å². The quantitative estimate of drug-likeness (QED) is 0.514. The SMILES string of the molecule is CN1C(=O)/C(=C\c2ccc(O)c(I)c2)SC1=Nc1ccc(C(=O)O)cc1. The monoisotopic (exact) mass is 480 g/mol. The van der Waals surface area contributed by atoms with Gasteiger partial charge in [0.2, 0.25) is 0 Å². The molecular formula is C18H13IN2O4S. The van der Waals surface area contributed by atoms with Gasteiger partial charge in [-0.05, 0) is 82.4 Å². The number of hydrogen-bond donors (Lipinski definition) is 2. The molecule has 0 aliphatic carbocycles. The summed E-state index contributed by atoms with van der Waals surface area (Å²) in [5.41, 5.74) is 1.56. The molecule has 2 aromatic carbocycles. The van der Waals surface area contributed by atoms with Crippen LogP contribution < -0.4 is 0 Å². The zero-order valence-corrected chi connectivity index (χ0v) is 16.5. The van der Waals surface area contributed by atoms with E-state index in [9.17, 15) is 14.7 Å². The topological polar surface area (TPSA) is 90.2 Å². The number of hydrogen-bond acceptors (Lipinski definition) is 5. The maximum Gasteiger partial charge on any atom is 0.335 e. The molecular weight excluding hydrogens is 467 g/mol. The van der Waals surface area contributed by atoms with Gasteiger partial charge in [-0.2, -0.15) is 0 Å². The average molecular weight is 480 g/mol. The summed E-state index contributed by atoms with van der Waals surface area (Å²) in [6.45, 7) is 0. The lowest BCUT2D eigenvalue weighted by molar-refractivity contribution is -0.121. The first-order valence-electron chi connectivity index (χ1n) is 7.43. The molecule has 8 heteroatoms. The Balaban J connectivity index is 1.87. The number of aliphatic imine (C=N–C) groups is 1. The van der Waals surface area contributed by atoms with Gasteiger partial charge in [-0.15, -0.1) is 0 Å². The van der Waals surface area contributed by atoms with Gasteiger partial charge in [0, 0.05) is 7.05 Å². The fourth-order valence-corrected chi connectivity index (χ4v) is 3.73. The molecule has 0 unspecified atom stereocenters. The van der Waals surface area contributed by atoms with E-state index in [2.05, 4.69) is 4.99 Å². The molecule has 0 spiro atoms. The van der Waals surface area contributed by atoms with Gasteiger partial charge in [-0.1, -0.05) is 6.07 Å². The van der Waals surface area contributed by atoms with Crippen LogP contribution in [0.3, 0.4) is 0 Å². The number of rotatable bonds is 3. The molecule has 1 heterocycles. The number of likely N-dealkylation sites (N-methyl/N-ethyl adjacent to an activating group) is 1. The largest absolute Gasteiger partial charge is 0.507 e. The van der Waals surface area contributed by atoms with Crippen molar-refractivity contribution < 1.29 is 19.8 Å². The first-order valence-corrected chi connectivity index (χ1v) is 9.33. The van der Waals surface area contributed by atoms with E-state index >= 15 is 0 Å². The van der Waals surface area contributed by atoms with E-state index in [0.717, 1.165) is 5.56 Å². The number of nitrogens with zero attached hydrogens (tertiary/aromatic N) is 2. The predicted molar refractivity (Wildman–Crippen MR) is 110 cm³/mol. The summed E-state index contributed by atoms with van der Waals surface area (Å²) in [6, 6.07) is 11.2. The van der Waals surface area contributed by atoms with Crippen LogP contribution in [0.15, 0.2) is 52.4 Å². The van der Waals surface area contributed by atoms with Gasteiger partial charge in [0.25, 0.3) is 5.91 Å². The number of phenolic OH excluding ortho intramolecular Hbond substituents is 1. The number of carbonyl (C=O) groups excluding carboxylic acids is 1. The van der Waals surface area contributed by atoms with Crippen LogP contribution in [0.25, 0.3) is 6.08 Å². The van der Waals surface area contributed by atoms with E-state index in [0.29, 0.717) is 19.3 Å². The Hall–Kier alpha value is -2.33. The number of thioether (sulfide) groups is 1. The Bertz CT molecular complexity index is 954. The second-order valence-corrected chi connectivity index (χ2v) is 7.60. The van der Waals surface area contributed by atoms with Gasteiger partial charge in [-0.25, -0.2) is 9.79 Å². The van der Waals surface area contributed by atoms with Crippen LogP contribution in [-0.4, -0.2) is 39.2 Å². The molecule has 1 fully saturated rings. The molecule has 0 aromatic heterocycles. The predicted octanol–water partition coefficient (Wildman–Crippen LogP) is 3.93. The fourth-order valence-electron chi connectivity index (χ4n) is 2.20. The van der Waals surface area contributed by atoms with Gasteiger partial charge >= 0.3 is 5.97 Å². The lowest BCUT2D eigenvalue weighted by Crippen LogP contribution is -2.23. The summed E-state index contributed by atoms with van der Waals surface area (Å²) in [5, 5.41) is 19.0. The molecule has 1 saturated heterocycles. The molecule has 1 amide bonds. The number of carboxylic acids is 1. The molecule has 3 rings (SSSR count). The number of aromatic carboxylic acids is 1. The summed E-state index contributed by atoms with van der Waals surface area (Å²) in [4.78, 5) is 29.7. The molecule has 26 heavy (non-hydrogen) atoms. The first-order chi connectivity index (χ1) is 12.3. The zero-order valence-electron chi connectivity index (χ0n) is 13.5. The summed E-state index contributed by atoms with van der Waals surface area (Å²) in [5.74, 6) is -0.971. The van der Waals surface area contributed by atoms with Crippen LogP contribution in [0.1, 0.15) is 15.9 Å². The minimum Gasteiger partial charge on any atom is -0.507 e. The average Bonchev–Trinajstić information content (AvgIpc) is 2.87. The van der Waals surface area contributed by atoms with Crippen LogP contribution in [0.5, 0.6) is 5.75 Å². The van der Waals surface area contributed by atoms with Crippen LogP contribution in [-0.2, 0) is 4.79 Å². The lowest BCUT2D eigenvalue weighted by Gasteiger charge is -2.07. The number of aromatic hydroxyl groups is 1. The summed E-state index contributed by atoms with van der Waals surface area (Å²) in [6.07, 6.45) is 1.75. The Morgan fingerprint density at radius 3 is 2.54 bits per heavy atom. The van der Waals surface area contributed by atoms with Crippen LogP contribution >= 0.6 is 34.4 Å². The molecule has 132 valence electrons. The summed E-state index contributed by atoms with van der Waals surface area (Å²) in [7, 11) is 1.64. The van der Waals surface area contributed by atoms with E-state index in [1.807, 2.05) is 22.6 Å². The highest BCUT2D eigenvalue weighted by Gasteiger charge is 2.30. The number of phenols is 1. The van der Waals surface area contributed by atoms with Crippen molar-refractivity contribution in [2.24, 2.45) is 4.99 Å². The van der Waals surface area contributed by atoms with Crippen LogP contribution in [0, 0.1) is 3.57 Å². The number of carboxylic acid groups (broad SMARTS) is 1. The van der Waals surface area contributed by atoms with Gasteiger partial charge in [-0.3, -0.25) is 9.69 Å². The van der Waals surface area contributed by atoms with Crippen LogP contribution in [0.4, 0.5) is 5.69 Å². The Morgan fingerprint density at radius 2 is 1.92 bits per heavy atom. The fraction of sp³-hybridized carbons (Fsp3) is 0.0556. The number of amides is 1. The molecule has 1 aliphatic rings. The summed E-state index contributed by atoms with van der Waals surface area (Å²) >= 11 is 3.27. The molecule has 2 aromatic rings. The van der Waals surface area contributed by atoms with Crippen molar-refractivity contribution in [2.75, 3.05) is 7.05 Å². The van der Waals surface area contributed by atoms with Crippen molar-refractivity contribution in [1.82, 2.24) is 4.90 Å². The first kappa shape index (κ1) is 18.5. The third-order valence-corrected chi connectivity index (χ3v) is 5.54. The highest BCUT2D eigenvalue weighted by atomic mass is 127. The van der Waals surface area contributed by atoms with Gasteiger partial charge in [0.1, 0.15) is 5.75 Å². The maximum atomic E-state index is 12.4. The Labute approximate surface area is 167 Å². The van der Waals surface area contributed by atoms with Gasteiger partial charge in [0.05, 0.1) is 19.7 Å². The number of carbonyl (C=O) groups is 2. The second kappa shape index (κ2) is 7.50. The lowest BCUT2D eigenvalue weighted by atomic mass is 10.2. The van der Waals surface area contributed by atoms with Crippen molar-refractivity contribution in [3.63, 3.8) is 0 Å². The van der Waals surface area contributed by atoms with Gasteiger partial charge < -0.3 is 10.2 Å². The number of amidine groups is 1. The van der Waals surface area contributed by atoms with Crippen LogP contribution in [0.2, 0.25) is 0 Å². The third kappa shape index (κ3) is 3.91. The van der Waals surface area contributed by atoms with Crippen molar-refractivity contribution in [3.05, 3.63) is 62.1 Å². The molecule has 0 bridgehead atoms. The smallest absolute Gasteiger partial charge is 0.335 e. The normalized spacial score (nSPS) is 17.3. The van der Waals surface area contributed by atoms with Crippen molar-refractivity contribution in [2.45, 2.75) is 0 Å². The third-order valence-electron chi connectivity index (χ3n) is 3.61. The van der Waals surface area contributed by atoms with E-state index in [1.54, 1.807) is 43.5 Å². The molecule has 6 nitrogen and oxygen atoms in total. The van der Waals surface area contributed by atoms with E-state index in [-0.39, 0.29) is 17.2 Å². The number of halogens is 1. The van der Waals surface area contributed by atoms with E-state index in [4.69, 9.17) is 5.11 Å². The van der Waals surface area contributed by atoms with Gasteiger partial charge in [0.15, 0.2) is 5.17 Å².